The van der Waals surface area contributed by atoms with E-state index >= 15 is 0 Å². The summed E-state index contributed by atoms with van der Waals surface area (Å²) < 4.78 is 7.36. The van der Waals surface area contributed by atoms with Crippen molar-refractivity contribution in [3.63, 3.8) is 0 Å². The predicted octanol–water partition coefficient (Wildman–Crippen LogP) is 4.29. The molecule has 1 saturated heterocycles. The van der Waals surface area contributed by atoms with Gasteiger partial charge in [0, 0.05) is 19.1 Å². The number of nitrogens with one attached hydrogen (secondary N) is 1. The maximum absolute atomic E-state index is 13.4. The Hall–Kier alpha value is -2.41. The number of hydrogen-bond acceptors (Lipinski definition) is 5. The summed E-state index contributed by atoms with van der Waals surface area (Å²) in [6.07, 6.45) is 13.6. The van der Waals surface area contributed by atoms with Gasteiger partial charge in [0.1, 0.15) is 5.54 Å². The summed E-state index contributed by atoms with van der Waals surface area (Å²) in [6, 6.07) is -0.121. The van der Waals surface area contributed by atoms with Gasteiger partial charge in [-0.15, -0.1) is 0 Å². The van der Waals surface area contributed by atoms with E-state index in [0.29, 0.717) is 43.9 Å². The summed E-state index contributed by atoms with van der Waals surface area (Å²) in [7, 11) is 0. The Labute approximate surface area is 196 Å². The SMILES string of the molecule is C=Cc1[nH]c(=O)c(=O)n(C2CCN(C3(C(=O)OCCCC)CCCCCCC3)CC2)c1C=C. The van der Waals surface area contributed by atoms with Crippen molar-refractivity contribution in [1.82, 2.24) is 14.5 Å². The molecule has 0 spiro atoms. The second-order valence-corrected chi connectivity index (χ2v) is 9.34. The van der Waals surface area contributed by atoms with Gasteiger partial charge in [-0.1, -0.05) is 58.6 Å². The summed E-state index contributed by atoms with van der Waals surface area (Å²) >= 11 is 0. The zero-order valence-corrected chi connectivity index (χ0v) is 20.1. The number of ether oxygens (including phenoxy) is 1. The van der Waals surface area contributed by atoms with Crippen LogP contribution in [0.5, 0.6) is 0 Å². The molecular formula is C26H39N3O4. The molecule has 0 aromatic carbocycles. The molecule has 33 heavy (non-hydrogen) atoms. The van der Waals surface area contributed by atoms with Crippen molar-refractivity contribution >= 4 is 18.1 Å². The molecule has 1 N–H and O–H groups in total. The minimum absolute atomic E-state index is 0.0784. The first-order chi connectivity index (χ1) is 16.0. The molecule has 1 aromatic rings. The van der Waals surface area contributed by atoms with Crippen LogP contribution in [-0.2, 0) is 9.53 Å². The number of aromatic amines is 1. The highest BCUT2D eigenvalue weighted by molar-refractivity contribution is 5.81. The van der Waals surface area contributed by atoms with Gasteiger partial charge >= 0.3 is 17.1 Å². The van der Waals surface area contributed by atoms with Crippen LogP contribution >= 0.6 is 0 Å². The Morgan fingerprint density at radius 2 is 1.73 bits per heavy atom. The lowest BCUT2D eigenvalue weighted by Gasteiger charge is -2.46. The maximum atomic E-state index is 13.4. The normalized spacial score (nSPS) is 19.9. The van der Waals surface area contributed by atoms with Gasteiger partial charge in [0.05, 0.1) is 18.0 Å². The summed E-state index contributed by atoms with van der Waals surface area (Å²) in [5, 5.41) is 0. The minimum atomic E-state index is -0.645. The van der Waals surface area contributed by atoms with Gasteiger partial charge < -0.3 is 9.72 Å². The number of hydrogen-bond donors (Lipinski definition) is 1. The van der Waals surface area contributed by atoms with Gasteiger partial charge in [-0.2, -0.15) is 0 Å². The van der Waals surface area contributed by atoms with Crippen LogP contribution in [0.1, 0.15) is 95.0 Å². The van der Waals surface area contributed by atoms with Gasteiger partial charge in [0.25, 0.3) is 0 Å². The fraction of sp³-hybridized carbons (Fsp3) is 0.654. The molecule has 1 aliphatic carbocycles. The van der Waals surface area contributed by atoms with Crippen LogP contribution < -0.4 is 11.1 Å². The molecule has 0 amide bonds. The molecule has 182 valence electrons. The number of likely N-dealkylation sites (tertiary alicyclic amines) is 1. The second-order valence-electron chi connectivity index (χ2n) is 9.34. The first-order valence-corrected chi connectivity index (χ1v) is 12.5. The summed E-state index contributed by atoms with van der Waals surface area (Å²) in [5.74, 6) is -0.0784. The Bertz CT molecular complexity index is 945. The van der Waals surface area contributed by atoms with E-state index in [9.17, 15) is 14.4 Å². The van der Waals surface area contributed by atoms with Crippen molar-refractivity contribution in [2.24, 2.45) is 0 Å². The molecular weight excluding hydrogens is 418 g/mol. The molecule has 7 heteroatoms. The van der Waals surface area contributed by atoms with Crippen molar-refractivity contribution in [2.75, 3.05) is 19.7 Å². The molecule has 2 fully saturated rings. The topological polar surface area (TPSA) is 84.4 Å². The van der Waals surface area contributed by atoms with Crippen LogP contribution in [0.25, 0.3) is 12.2 Å². The monoisotopic (exact) mass is 457 g/mol. The number of rotatable bonds is 8. The van der Waals surface area contributed by atoms with Crippen LogP contribution in [-0.4, -0.2) is 45.7 Å². The van der Waals surface area contributed by atoms with Gasteiger partial charge in [-0.05, 0) is 44.3 Å². The minimum Gasteiger partial charge on any atom is -0.464 e. The quantitative estimate of drug-likeness (QED) is 0.358. The van der Waals surface area contributed by atoms with E-state index in [-0.39, 0.29) is 12.0 Å². The van der Waals surface area contributed by atoms with Gasteiger partial charge in [-0.3, -0.25) is 23.9 Å². The van der Waals surface area contributed by atoms with Gasteiger partial charge in [-0.25, -0.2) is 0 Å². The third-order valence-electron chi connectivity index (χ3n) is 7.32. The first-order valence-electron chi connectivity index (χ1n) is 12.5. The maximum Gasteiger partial charge on any atom is 0.326 e. The lowest BCUT2D eigenvalue weighted by atomic mass is 9.81. The molecule has 2 aliphatic rings. The predicted molar refractivity (Wildman–Crippen MR) is 132 cm³/mol. The van der Waals surface area contributed by atoms with Gasteiger partial charge in [0.15, 0.2) is 0 Å². The van der Waals surface area contributed by atoms with E-state index < -0.39 is 16.7 Å². The zero-order valence-electron chi connectivity index (χ0n) is 20.1. The Morgan fingerprint density at radius 1 is 1.09 bits per heavy atom. The molecule has 1 saturated carbocycles. The number of aromatic nitrogens is 2. The molecule has 0 unspecified atom stereocenters. The third-order valence-corrected chi connectivity index (χ3v) is 7.32. The number of carbonyl (C=O) groups excluding carboxylic acids is 1. The fourth-order valence-corrected chi connectivity index (χ4v) is 5.45. The summed E-state index contributed by atoms with van der Waals surface area (Å²) in [6.45, 7) is 11.5. The van der Waals surface area contributed by atoms with Gasteiger partial charge in [0.2, 0.25) is 0 Å². The Kier molecular flexibility index (Phi) is 8.89. The number of H-pyrrole nitrogens is 1. The van der Waals surface area contributed by atoms with Crippen molar-refractivity contribution in [3.8, 4) is 0 Å². The zero-order chi connectivity index (χ0) is 23.8. The van der Waals surface area contributed by atoms with Crippen molar-refractivity contribution < 1.29 is 9.53 Å². The van der Waals surface area contributed by atoms with Crippen molar-refractivity contribution in [3.05, 3.63) is 45.3 Å². The average Bonchev–Trinajstić information content (AvgIpc) is 2.81. The standard InChI is InChI=1S/C26H39N3O4/c1-4-7-19-33-25(32)26(15-11-9-8-10-12-16-26)28-17-13-20(14-18-28)29-22(6-3)21(5-2)27-23(30)24(29)31/h5-6,20H,2-4,7-19H2,1H3,(H,27,30). The summed E-state index contributed by atoms with van der Waals surface area (Å²) in [4.78, 5) is 43.3. The van der Waals surface area contributed by atoms with E-state index in [1.54, 1.807) is 16.7 Å². The molecule has 3 rings (SSSR count). The molecule has 0 bridgehead atoms. The van der Waals surface area contributed by atoms with Crippen LogP contribution in [0.2, 0.25) is 0 Å². The number of carbonyl (C=O) groups is 1. The van der Waals surface area contributed by atoms with Crippen LogP contribution in [0.15, 0.2) is 22.7 Å². The van der Waals surface area contributed by atoms with E-state index in [1.165, 1.54) is 6.42 Å². The van der Waals surface area contributed by atoms with E-state index in [0.717, 1.165) is 51.4 Å². The Balaban J connectivity index is 1.85. The van der Waals surface area contributed by atoms with E-state index in [4.69, 9.17) is 4.74 Å². The van der Waals surface area contributed by atoms with Crippen molar-refractivity contribution in [2.45, 2.75) is 89.1 Å². The molecule has 0 radical (unpaired) electrons. The smallest absolute Gasteiger partial charge is 0.326 e. The highest BCUT2D eigenvalue weighted by Crippen LogP contribution is 2.37. The number of esters is 1. The molecule has 0 atom stereocenters. The molecule has 7 nitrogen and oxygen atoms in total. The third kappa shape index (κ3) is 5.40. The first kappa shape index (κ1) is 25.2. The van der Waals surface area contributed by atoms with Crippen molar-refractivity contribution in [1.29, 1.82) is 0 Å². The molecule has 1 aromatic heterocycles. The number of piperidine rings is 1. The number of unbranched alkanes of at least 4 members (excludes halogenated alkanes) is 1. The van der Waals surface area contributed by atoms with Crippen LogP contribution in [0.3, 0.4) is 0 Å². The van der Waals surface area contributed by atoms with Crippen LogP contribution in [0.4, 0.5) is 0 Å². The summed E-state index contributed by atoms with van der Waals surface area (Å²) in [5.41, 5.74) is -0.686. The molecule has 2 heterocycles. The highest BCUT2D eigenvalue weighted by Gasteiger charge is 2.46. The second kappa shape index (κ2) is 11.6. The lowest BCUT2D eigenvalue weighted by molar-refractivity contribution is -0.162. The van der Waals surface area contributed by atoms with E-state index in [1.807, 2.05) is 0 Å². The highest BCUT2D eigenvalue weighted by atomic mass is 16.5. The lowest BCUT2D eigenvalue weighted by Crippen LogP contribution is -2.58. The Morgan fingerprint density at radius 3 is 2.30 bits per heavy atom. The number of nitrogens with zero attached hydrogens (tertiary/aromatic N) is 2. The largest absolute Gasteiger partial charge is 0.464 e. The van der Waals surface area contributed by atoms with Crippen LogP contribution in [0, 0.1) is 0 Å². The average molecular weight is 458 g/mol. The fourth-order valence-electron chi connectivity index (χ4n) is 5.45. The molecule has 1 aliphatic heterocycles. The van der Waals surface area contributed by atoms with E-state index in [2.05, 4.69) is 30.0 Å².